The Labute approximate surface area is 100 Å². The Balaban J connectivity index is 2.20. The van der Waals surface area contributed by atoms with Gasteiger partial charge in [0.2, 0.25) is 11.8 Å². The van der Waals surface area contributed by atoms with Crippen molar-refractivity contribution in [3.63, 3.8) is 0 Å². The highest BCUT2D eigenvalue weighted by molar-refractivity contribution is 6.05. The van der Waals surface area contributed by atoms with Crippen molar-refractivity contribution in [3.8, 4) is 0 Å². The molecule has 2 rings (SSSR count). The lowest BCUT2D eigenvalue weighted by atomic mass is 9.78. The minimum absolute atomic E-state index is 0.0890. The minimum atomic E-state index is -0.566. The number of rotatable bonds is 3. The molecule has 5 nitrogen and oxygen atoms in total. The zero-order valence-corrected chi connectivity index (χ0v) is 10.4. The number of hydrogen-bond acceptors (Lipinski definition) is 3. The van der Waals surface area contributed by atoms with Crippen LogP contribution in [0.3, 0.4) is 0 Å². The second-order valence-electron chi connectivity index (χ2n) is 5.07. The summed E-state index contributed by atoms with van der Waals surface area (Å²) in [5.41, 5.74) is -0.566. The average Bonchev–Trinajstić information content (AvgIpc) is 2.82. The molecule has 1 fully saturated rings. The number of likely N-dealkylation sites (tertiary alicyclic amines) is 1. The first-order valence-electron chi connectivity index (χ1n) is 5.78. The second-order valence-corrected chi connectivity index (χ2v) is 5.07. The van der Waals surface area contributed by atoms with E-state index in [9.17, 15) is 9.59 Å². The quantitative estimate of drug-likeness (QED) is 0.804. The first-order chi connectivity index (χ1) is 7.95. The van der Waals surface area contributed by atoms with Gasteiger partial charge >= 0.3 is 0 Å². The number of hydrogen-bond donors (Lipinski definition) is 1. The van der Waals surface area contributed by atoms with Crippen molar-refractivity contribution in [1.82, 2.24) is 14.9 Å². The molecule has 1 N–H and O–H groups in total. The Morgan fingerprint density at radius 1 is 1.53 bits per heavy atom. The predicted molar refractivity (Wildman–Crippen MR) is 61.7 cm³/mol. The third-order valence-corrected chi connectivity index (χ3v) is 3.69. The van der Waals surface area contributed by atoms with E-state index >= 15 is 0 Å². The van der Waals surface area contributed by atoms with Crippen molar-refractivity contribution in [2.24, 2.45) is 11.3 Å². The SMILES string of the molecule is CC(C)C1(C)CC(=O)N(Cc2ncc[nH]2)C1=O. The van der Waals surface area contributed by atoms with Gasteiger partial charge in [0.15, 0.2) is 0 Å². The number of nitrogens with one attached hydrogen (secondary N) is 1. The van der Waals surface area contributed by atoms with Crippen LogP contribution in [0.1, 0.15) is 33.0 Å². The van der Waals surface area contributed by atoms with Crippen LogP contribution < -0.4 is 0 Å². The molecule has 92 valence electrons. The maximum Gasteiger partial charge on any atom is 0.236 e. The Hall–Kier alpha value is -1.65. The molecule has 1 aromatic rings. The highest BCUT2D eigenvalue weighted by Crippen LogP contribution is 2.39. The zero-order valence-electron chi connectivity index (χ0n) is 10.4. The van der Waals surface area contributed by atoms with Crippen molar-refractivity contribution >= 4 is 11.8 Å². The molecule has 17 heavy (non-hydrogen) atoms. The molecule has 1 saturated heterocycles. The summed E-state index contributed by atoms with van der Waals surface area (Å²) in [4.78, 5) is 32.4. The third-order valence-electron chi connectivity index (χ3n) is 3.69. The van der Waals surface area contributed by atoms with Gasteiger partial charge in [0, 0.05) is 18.8 Å². The van der Waals surface area contributed by atoms with E-state index in [0.29, 0.717) is 12.2 Å². The molecular formula is C12H17N3O2. The summed E-state index contributed by atoms with van der Waals surface area (Å²) >= 11 is 0. The van der Waals surface area contributed by atoms with Gasteiger partial charge in [0.05, 0.1) is 12.0 Å². The summed E-state index contributed by atoms with van der Waals surface area (Å²) in [6, 6.07) is 0. The summed E-state index contributed by atoms with van der Waals surface area (Å²) in [6.45, 7) is 6.05. The van der Waals surface area contributed by atoms with E-state index in [0.717, 1.165) is 0 Å². The van der Waals surface area contributed by atoms with Crippen molar-refractivity contribution in [2.75, 3.05) is 0 Å². The minimum Gasteiger partial charge on any atom is -0.347 e. The van der Waals surface area contributed by atoms with Crippen LogP contribution in [-0.2, 0) is 16.1 Å². The molecule has 1 unspecified atom stereocenters. The van der Waals surface area contributed by atoms with Gasteiger partial charge in [-0.15, -0.1) is 0 Å². The molecule has 0 spiro atoms. The van der Waals surface area contributed by atoms with Gasteiger partial charge in [0.25, 0.3) is 0 Å². The molecule has 0 radical (unpaired) electrons. The van der Waals surface area contributed by atoms with E-state index in [2.05, 4.69) is 9.97 Å². The predicted octanol–water partition coefficient (Wildman–Crippen LogP) is 1.33. The monoisotopic (exact) mass is 235 g/mol. The molecule has 0 bridgehead atoms. The molecule has 1 atom stereocenters. The third kappa shape index (κ3) is 1.85. The molecule has 0 saturated carbocycles. The van der Waals surface area contributed by atoms with E-state index < -0.39 is 5.41 Å². The highest BCUT2D eigenvalue weighted by Gasteiger charge is 2.49. The molecule has 5 heteroatoms. The smallest absolute Gasteiger partial charge is 0.236 e. The number of amides is 2. The summed E-state index contributed by atoms with van der Waals surface area (Å²) in [6.07, 6.45) is 3.59. The maximum atomic E-state index is 12.3. The van der Waals surface area contributed by atoms with Crippen molar-refractivity contribution in [3.05, 3.63) is 18.2 Å². The lowest BCUT2D eigenvalue weighted by Crippen LogP contribution is -2.36. The number of aromatic nitrogens is 2. The van der Waals surface area contributed by atoms with Crippen LogP contribution in [0, 0.1) is 11.3 Å². The first-order valence-corrected chi connectivity index (χ1v) is 5.78. The van der Waals surface area contributed by atoms with Crippen LogP contribution in [0.2, 0.25) is 0 Å². The number of nitrogens with zero attached hydrogens (tertiary/aromatic N) is 2. The van der Waals surface area contributed by atoms with Crippen LogP contribution in [0.4, 0.5) is 0 Å². The fraction of sp³-hybridized carbons (Fsp3) is 0.583. The van der Waals surface area contributed by atoms with E-state index in [1.165, 1.54) is 4.90 Å². The highest BCUT2D eigenvalue weighted by atomic mass is 16.2. The lowest BCUT2D eigenvalue weighted by molar-refractivity contribution is -0.142. The fourth-order valence-corrected chi connectivity index (χ4v) is 2.05. The molecule has 0 aliphatic carbocycles. The molecule has 1 aliphatic rings. The Morgan fingerprint density at radius 3 is 2.71 bits per heavy atom. The number of imide groups is 1. The molecule has 0 aromatic carbocycles. The summed E-state index contributed by atoms with van der Waals surface area (Å²) in [5, 5.41) is 0. The van der Waals surface area contributed by atoms with Crippen LogP contribution in [-0.4, -0.2) is 26.7 Å². The number of carbonyl (C=O) groups excluding carboxylic acids is 2. The topological polar surface area (TPSA) is 66.1 Å². The molecular weight excluding hydrogens is 218 g/mol. The van der Waals surface area contributed by atoms with Gasteiger partial charge in [-0.3, -0.25) is 14.5 Å². The first kappa shape index (κ1) is 11.8. The Bertz CT molecular complexity index is 439. The van der Waals surface area contributed by atoms with Crippen LogP contribution in [0.25, 0.3) is 0 Å². The van der Waals surface area contributed by atoms with E-state index in [-0.39, 0.29) is 24.3 Å². The van der Waals surface area contributed by atoms with Gasteiger partial charge in [0.1, 0.15) is 5.82 Å². The van der Waals surface area contributed by atoms with Crippen LogP contribution in [0.15, 0.2) is 12.4 Å². The number of H-pyrrole nitrogens is 1. The van der Waals surface area contributed by atoms with Crippen molar-refractivity contribution in [2.45, 2.75) is 33.7 Å². The summed E-state index contributed by atoms with van der Waals surface area (Å²) in [7, 11) is 0. The molecule has 2 amide bonds. The van der Waals surface area contributed by atoms with Gasteiger partial charge < -0.3 is 4.98 Å². The van der Waals surface area contributed by atoms with E-state index in [1.807, 2.05) is 20.8 Å². The fourth-order valence-electron chi connectivity index (χ4n) is 2.05. The Kier molecular flexibility index (Phi) is 2.77. The van der Waals surface area contributed by atoms with Crippen molar-refractivity contribution < 1.29 is 9.59 Å². The van der Waals surface area contributed by atoms with Gasteiger partial charge in [-0.1, -0.05) is 13.8 Å². The maximum absolute atomic E-state index is 12.3. The standard InChI is InChI=1S/C12H17N3O2/c1-8(2)12(3)6-10(16)15(11(12)17)7-9-13-4-5-14-9/h4-5,8H,6-7H2,1-3H3,(H,13,14). The summed E-state index contributed by atoms with van der Waals surface area (Å²) < 4.78 is 0. The van der Waals surface area contributed by atoms with Gasteiger partial charge in [-0.2, -0.15) is 0 Å². The second kappa shape index (κ2) is 3.98. The largest absolute Gasteiger partial charge is 0.347 e. The van der Waals surface area contributed by atoms with Crippen molar-refractivity contribution in [1.29, 1.82) is 0 Å². The number of imidazole rings is 1. The molecule has 2 heterocycles. The molecule has 1 aliphatic heterocycles. The Morgan fingerprint density at radius 2 is 2.24 bits per heavy atom. The van der Waals surface area contributed by atoms with Crippen LogP contribution >= 0.6 is 0 Å². The normalized spacial score (nSPS) is 25.1. The summed E-state index contributed by atoms with van der Waals surface area (Å²) in [5.74, 6) is 0.594. The lowest BCUT2D eigenvalue weighted by Gasteiger charge is -2.25. The number of carbonyl (C=O) groups is 2. The number of aromatic amines is 1. The van der Waals surface area contributed by atoms with Crippen LogP contribution in [0.5, 0.6) is 0 Å². The van der Waals surface area contributed by atoms with E-state index in [1.54, 1.807) is 12.4 Å². The van der Waals surface area contributed by atoms with Gasteiger partial charge in [-0.05, 0) is 12.8 Å². The zero-order chi connectivity index (χ0) is 12.6. The van der Waals surface area contributed by atoms with Gasteiger partial charge in [-0.25, -0.2) is 4.98 Å². The molecule has 1 aromatic heterocycles. The average molecular weight is 235 g/mol. The van der Waals surface area contributed by atoms with E-state index in [4.69, 9.17) is 0 Å².